The van der Waals surface area contributed by atoms with Crippen LogP contribution in [0, 0.1) is 0 Å². The van der Waals surface area contributed by atoms with Crippen LogP contribution >= 0.6 is 7.82 Å². The van der Waals surface area contributed by atoms with Gasteiger partial charge in [0.2, 0.25) is 0 Å². The fourth-order valence-electron chi connectivity index (χ4n) is 8.98. The molecule has 0 amide bonds. The molecule has 480 valence electrons. The predicted octanol–water partition coefficient (Wildman–Crippen LogP) is 22.0. The minimum absolute atomic E-state index is 0.0255. The van der Waals surface area contributed by atoms with Crippen LogP contribution in [0.3, 0.4) is 0 Å². The van der Waals surface area contributed by atoms with Crippen molar-refractivity contribution in [3.63, 3.8) is 0 Å². The zero-order chi connectivity index (χ0) is 61.2. The molecular formula is C74H127NO8P+. The zero-order valence-corrected chi connectivity index (χ0v) is 55.5. The lowest BCUT2D eigenvalue weighted by Crippen LogP contribution is -2.37. The summed E-state index contributed by atoms with van der Waals surface area (Å²) in [6.07, 6.45) is 92.6. The molecule has 0 rings (SSSR count). The van der Waals surface area contributed by atoms with Gasteiger partial charge in [-0.1, -0.05) is 276 Å². The number of carbonyl (C=O) groups excluding carboxylic acids is 2. The van der Waals surface area contributed by atoms with Gasteiger partial charge in [-0.3, -0.25) is 18.6 Å². The molecule has 0 spiro atoms. The molecule has 0 saturated heterocycles. The van der Waals surface area contributed by atoms with Crippen LogP contribution in [-0.2, 0) is 32.7 Å². The average Bonchev–Trinajstić information content (AvgIpc) is 3.61. The monoisotopic (exact) mass is 1190 g/mol. The van der Waals surface area contributed by atoms with Crippen molar-refractivity contribution < 1.29 is 42.1 Å². The minimum Gasteiger partial charge on any atom is -0.462 e. The third-order valence-corrected chi connectivity index (χ3v) is 15.1. The van der Waals surface area contributed by atoms with Gasteiger partial charge in [0, 0.05) is 12.8 Å². The van der Waals surface area contributed by atoms with E-state index in [0.29, 0.717) is 17.4 Å². The first-order valence-electron chi connectivity index (χ1n) is 33.9. The van der Waals surface area contributed by atoms with Crippen molar-refractivity contribution in [3.05, 3.63) is 134 Å². The number of nitrogens with zero attached hydrogens (tertiary/aromatic N) is 1. The van der Waals surface area contributed by atoms with Crippen LogP contribution in [0.15, 0.2) is 134 Å². The summed E-state index contributed by atoms with van der Waals surface area (Å²) in [5.74, 6) is -0.806. The molecule has 0 aromatic rings. The van der Waals surface area contributed by atoms with Gasteiger partial charge in [-0.15, -0.1) is 0 Å². The molecule has 1 N–H and O–H groups in total. The van der Waals surface area contributed by atoms with Gasteiger partial charge in [0.05, 0.1) is 27.7 Å². The van der Waals surface area contributed by atoms with Gasteiger partial charge in [-0.05, 0) is 116 Å². The summed E-state index contributed by atoms with van der Waals surface area (Å²) in [5, 5.41) is 0. The van der Waals surface area contributed by atoms with E-state index in [1.807, 2.05) is 21.1 Å². The fraction of sp³-hybridized carbons (Fsp3) is 0.676. The van der Waals surface area contributed by atoms with Gasteiger partial charge in [0.1, 0.15) is 19.8 Å². The zero-order valence-electron chi connectivity index (χ0n) is 54.6. The second kappa shape index (κ2) is 63.6. The number of quaternary nitrogens is 1. The molecule has 0 aromatic carbocycles. The number of rotatable bonds is 61. The lowest BCUT2D eigenvalue weighted by atomic mass is 10.0. The highest BCUT2D eigenvalue weighted by Gasteiger charge is 2.27. The Morgan fingerprint density at radius 3 is 1.02 bits per heavy atom. The number of hydrogen-bond donors (Lipinski definition) is 1. The number of esters is 2. The Morgan fingerprint density at radius 2 is 0.679 bits per heavy atom. The van der Waals surface area contributed by atoms with E-state index in [4.69, 9.17) is 18.5 Å². The molecule has 84 heavy (non-hydrogen) atoms. The Labute approximate surface area is 517 Å². The lowest BCUT2D eigenvalue weighted by molar-refractivity contribution is -0.870. The van der Waals surface area contributed by atoms with Gasteiger partial charge in [-0.25, -0.2) is 4.57 Å². The third kappa shape index (κ3) is 67.3. The molecule has 2 atom stereocenters. The van der Waals surface area contributed by atoms with Crippen LogP contribution in [0.5, 0.6) is 0 Å². The van der Waals surface area contributed by atoms with Crippen molar-refractivity contribution >= 4 is 19.8 Å². The largest absolute Gasteiger partial charge is 0.472 e. The Bertz CT molecular complexity index is 1880. The van der Waals surface area contributed by atoms with Crippen molar-refractivity contribution in [2.45, 2.75) is 277 Å². The number of likely N-dealkylation sites (N-methyl/N-ethyl adjacent to an activating group) is 1. The van der Waals surface area contributed by atoms with Crippen molar-refractivity contribution in [1.29, 1.82) is 0 Å². The van der Waals surface area contributed by atoms with Crippen molar-refractivity contribution in [1.82, 2.24) is 0 Å². The highest BCUT2D eigenvalue weighted by Crippen LogP contribution is 2.43. The van der Waals surface area contributed by atoms with Crippen LogP contribution in [0.25, 0.3) is 0 Å². The van der Waals surface area contributed by atoms with E-state index >= 15 is 0 Å². The van der Waals surface area contributed by atoms with Gasteiger partial charge < -0.3 is 18.9 Å². The van der Waals surface area contributed by atoms with Crippen LogP contribution in [0.2, 0.25) is 0 Å². The van der Waals surface area contributed by atoms with E-state index in [9.17, 15) is 19.0 Å². The van der Waals surface area contributed by atoms with E-state index in [1.165, 1.54) is 128 Å². The van der Waals surface area contributed by atoms with Gasteiger partial charge in [-0.2, -0.15) is 0 Å². The molecule has 10 heteroatoms. The second-order valence-corrected chi connectivity index (χ2v) is 24.9. The lowest BCUT2D eigenvalue weighted by Gasteiger charge is -2.24. The van der Waals surface area contributed by atoms with Crippen molar-refractivity contribution in [2.24, 2.45) is 0 Å². The molecule has 0 aromatic heterocycles. The Balaban J connectivity index is 4.09. The Hall–Kier alpha value is -3.85. The van der Waals surface area contributed by atoms with Crippen LogP contribution < -0.4 is 0 Å². The standard InChI is InChI=1S/C74H126NO8P/c1-6-8-10-12-14-16-18-20-22-24-26-27-28-29-30-31-32-33-34-35-36-37-38-39-40-41-42-43-44-45-46-47-49-51-53-55-57-59-61-63-65-67-74(77)83-72(71-82-84(78,79)81-69-68-75(3,4)5)70-80-73(76)66-64-62-60-58-56-54-52-50-48-25-23-21-19-17-15-13-11-9-7-2/h8,10,14,16,20-23,26-27,29-30,32-33,35-36,38-39,41-42,44-45,72H,6-7,9,11-13,15,17-19,24-25,28,31,34,37,40,43,46-71H2,1-5H3/p+1/b10-8-,16-14-,22-20-,23-21-,27-26-,30-29-,33-32-,36-35-,39-38-,42-41-,45-44-. The van der Waals surface area contributed by atoms with E-state index in [2.05, 4.69) is 148 Å². The summed E-state index contributed by atoms with van der Waals surface area (Å²) >= 11 is 0. The maximum Gasteiger partial charge on any atom is 0.472 e. The Morgan fingerprint density at radius 1 is 0.381 bits per heavy atom. The molecule has 0 aliphatic heterocycles. The van der Waals surface area contributed by atoms with Gasteiger partial charge >= 0.3 is 19.8 Å². The van der Waals surface area contributed by atoms with Gasteiger partial charge in [0.25, 0.3) is 0 Å². The summed E-state index contributed by atoms with van der Waals surface area (Å²) in [6.45, 7) is 4.31. The molecule has 0 bridgehead atoms. The summed E-state index contributed by atoms with van der Waals surface area (Å²) < 4.78 is 34.6. The number of ether oxygens (including phenoxy) is 2. The van der Waals surface area contributed by atoms with Gasteiger partial charge in [0.15, 0.2) is 6.10 Å². The van der Waals surface area contributed by atoms with Crippen LogP contribution in [-0.4, -0.2) is 74.9 Å². The first-order valence-corrected chi connectivity index (χ1v) is 35.4. The van der Waals surface area contributed by atoms with Crippen molar-refractivity contribution in [2.75, 3.05) is 47.5 Å². The first-order chi connectivity index (χ1) is 41.0. The van der Waals surface area contributed by atoms with Crippen molar-refractivity contribution in [3.8, 4) is 0 Å². The number of unbranched alkanes of at least 4 members (excludes halogenated alkanes) is 25. The second-order valence-electron chi connectivity index (χ2n) is 23.5. The molecule has 9 nitrogen and oxygen atoms in total. The number of phosphoric acid groups is 1. The predicted molar refractivity (Wildman–Crippen MR) is 362 cm³/mol. The minimum atomic E-state index is -4.40. The summed E-state index contributed by atoms with van der Waals surface area (Å²) in [5.41, 5.74) is 0. The number of carbonyl (C=O) groups is 2. The highest BCUT2D eigenvalue weighted by molar-refractivity contribution is 7.47. The van der Waals surface area contributed by atoms with E-state index < -0.39 is 26.5 Å². The normalized spacial score (nSPS) is 14.0. The quantitative estimate of drug-likeness (QED) is 0.0211. The summed E-state index contributed by atoms with van der Waals surface area (Å²) in [4.78, 5) is 35.8. The molecule has 0 aliphatic carbocycles. The summed E-state index contributed by atoms with van der Waals surface area (Å²) in [6, 6.07) is 0. The highest BCUT2D eigenvalue weighted by atomic mass is 31.2. The average molecular weight is 1190 g/mol. The molecular weight excluding hydrogens is 1060 g/mol. The molecule has 0 aliphatic rings. The first kappa shape index (κ1) is 80.2. The topological polar surface area (TPSA) is 108 Å². The van der Waals surface area contributed by atoms with E-state index in [-0.39, 0.29) is 32.0 Å². The maximum absolute atomic E-state index is 12.9. The molecule has 0 fully saturated rings. The molecule has 0 saturated carbocycles. The fourth-order valence-corrected chi connectivity index (χ4v) is 9.72. The molecule has 0 radical (unpaired) electrons. The van der Waals surface area contributed by atoms with E-state index in [0.717, 1.165) is 109 Å². The summed E-state index contributed by atoms with van der Waals surface area (Å²) in [7, 11) is 1.46. The SMILES string of the molecule is CC/C=C\C/C=C\C/C=C\C/C=C\C/C=C\C/C=C\C/C=C\C/C=C\C/C=C\C/C=C\CCCCCCCCCCCCC(=O)OC(COC(=O)CCCCCCCCCCC/C=C\CCCCCCCC)COP(=O)(O)OCC[N+](C)(C)C. The number of hydrogen-bond acceptors (Lipinski definition) is 7. The number of phosphoric ester groups is 1. The Kier molecular flexibility index (Phi) is 60.7. The van der Waals surface area contributed by atoms with Crippen LogP contribution in [0.1, 0.15) is 271 Å². The molecule has 0 heterocycles. The number of allylic oxidation sites excluding steroid dienone is 22. The maximum atomic E-state index is 12.9. The smallest absolute Gasteiger partial charge is 0.462 e. The van der Waals surface area contributed by atoms with E-state index in [1.54, 1.807) is 0 Å². The molecule has 2 unspecified atom stereocenters. The third-order valence-electron chi connectivity index (χ3n) is 14.2. The van der Waals surface area contributed by atoms with Crippen LogP contribution in [0.4, 0.5) is 0 Å².